The molecule has 0 amide bonds. The minimum atomic E-state index is -0.883. The second kappa shape index (κ2) is 37.1. The van der Waals surface area contributed by atoms with Crippen LogP contribution in [0.2, 0.25) is 0 Å². The largest absolute Gasteiger partial charge is 2.00 e. The number of carbonyl (C=O) groups excluding carboxylic acids is 1. The Bertz CT molecular complexity index is 1190. The molecule has 2 aromatic rings. The van der Waals surface area contributed by atoms with Gasteiger partial charge in [0, 0.05) is 44.1 Å². The molecule has 48 heavy (non-hydrogen) atoms. The average molecular weight is 744 g/mol. The zero-order chi connectivity index (χ0) is 33.5. The molecule has 1 aliphatic rings. The summed E-state index contributed by atoms with van der Waals surface area (Å²) in [4.78, 5) is 10.7. The number of carbonyl (C=O) groups is 1. The molecule has 0 spiro atoms. The zero-order valence-electron chi connectivity index (χ0n) is 29.1. The number of halogens is 1. The molecule has 9 nitrogen and oxygen atoms in total. The number of ether oxygens (including phenoxy) is 7. The molecule has 0 aliphatic carbocycles. The normalized spacial score (nSPS) is 10.9. The molecule has 262 valence electrons. The van der Waals surface area contributed by atoms with Crippen LogP contribution in [0, 0.1) is 31.6 Å². The smallest absolute Gasteiger partial charge is 1.00 e. The number of terminal acetylenes is 1. The molecular formula is C37H51BrMgO9. The average Bonchev–Trinajstić information content (AvgIpc) is 3.67. The van der Waals surface area contributed by atoms with Crippen LogP contribution in [0.3, 0.4) is 0 Å². The first-order valence-corrected chi connectivity index (χ1v) is 14.3. The number of rotatable bonds is 14. The van der Waals surface area contributed by atoms with Crippen LogP contribution in [0.4, 0.5) is 0 Å². The fourth-order valence-electron chi connectivity index (χ4n) is 3.73. The Morgan fingerprint density at radius 2 is 1.42 bits per heavy atom. The fourth-order valence-corrected chi connectivity index (χ4v) is 3.73. The van der Waals surface area contributed by atoms with Crippen molar-refractivity contribution in [3.8, 4) is 35.7 Å². The number of aliphatic hydroxyl groups is 1. The summed E-state index contributed by atoms with van der Waals surface area (Å²) in [6.45, 7) is 10.4. The SMILES string of the molecule is C#CCOCOC.C1CCOC1.C=CCc1c(C=O)cccc1OC.C=CCc1c(OC)cccc1C(O)C#CCOCOC.[Br-].[CH3-].[Mg+2]. The topological polar surface area (TPSA) is 102 Å². The molecule has 0 saturated carbocycles. The number of aldehydes is 1. The Kier molecular flexibility index (Phi) is 40.3. The van der Waals surface area contributed by atoms with Gasteiger partial charge in [-0.15, -0.1) is 19.6 Å². The van der Waals surface area contributed by atoms with Crippen molar-refractivity contribution in [3.05, 3.63) is 91.4 Å². The molecule has 11 heteroatoms. The summed E-state index contributed by atoms with van der Waals surface area (Å²) in [5.74, 6) is 9.26. The van der Waals surface area contributed by atoms with E-state index in [1.807, 2.05) is 24.3 Å². The van der Waals surface area contributed by atoms with Gasteiger partial charge in [-0.1, -0.05) is 54.2 Å². The van der Waals surface area contributed by atoms with E-state index in [1.54, 1.807) is 52.7 Å². The van der Waals surface area contributed by atoms with Gasteiger partial charge in [0.15, 0.2) is 0 Å². The Morgan fingerprint density at radius 1 is 0.896 bits per heavy atom. The van der Waals surface area contributed by atoms with Gasteiger partial charge in [0.1, 0.15) is 50.7 Å². The molecule has 1 saturated heterocycles. The summed E-state index contributed by atoms with van der Waals surface area (Å²) >= 11 is 0. The first-order valence-electron chi connectivity index (χ1n) is 14.3. The third-order valence-corrected chi connectivity index (χ3v) is 5.72. The molecule has 0 aromatic heterocycles. The van der Waals surface area contributed by atoms with Crippen LogP contribution in [-0.2, 0) is 36.5 Å². The van der Waals surface area contributed by atoms with E-state index < -0.39 is 6.10 Å². The maximum atomic E-state index is 10.7. The number of benzene rings is 2. The van der Waals surface area contributed by atoms with Crippen molar-refractivity contribution in [2.24, 2.45) is 0 Å². The van der Waals surface area contributed by atoms with Crippen LogP contribution < -0.4 is 26.5 Å². The molecule has 0 bridgehead atoms. The number of aliphatic hydroxyl groups excluding tert-OH is 1. The van der Waals surface area contributed by atoms with Crippen LogP contribution in [0.25, 0.3) is 0 Å². The second-order valence-corrected chi connectivity index (χ2v) is 8.92. The van der Waals surface area contributed by atoms with Crippen molar-refractivity contribution in [2.45, 2.75) is 31.8 Å². The van der Waals surface area contributed by atoms with Gasteiger partial charge in [0.05, 0.1) is 14.2 Å². The summed E-state index contributed by atoms with van der Waals surface area (Å²) in [6, 6.07) is 10.9. The summed E-state index contributed by atoms with van der Waals surface area (Å²) < 4.78 is 34.4. The van der Waals surface area contributed by atoms with E-state index in [0.717, 1.165) is 47.7 Å². The van der Waals surface area contributed by atoms with Gasteiger partial charge in [-0.25, -0.2) is 0 Å². The molecule has 1 N–H and O–H groups in total. The monoisotopic (exact) mass is 742 g/mol. The molecule has 0 radical (unpaired) electrons. The minimum Gasteiger partial charge on any atom is -1.00 e. The second-order valence-electron chi connectivity index (χ2n) is 8.92. The van der Waals surface area contributed by atoms with E-state index in [0.29, 0.717) is 25.0 Å². The van der Waals surface area contributed by atoms with Gasteiger partial charge in [0.25, 0.3) is 0 Å². The molecule has 1 atom stereocenters. The molecule has 2 aromatic carbocycles. The molecule has 1 heterocycles. The number of hydrogen-bond donors (Lipinski definition) is 1. The molecule has 3 rings (SSSR count). The molecule has 1 unspecified atom stereocenters. The van der Waals surface area contributed by atoms with Crippen LogP contribution in [0.5, 0.6) is 11.5 Å². The summed E-state index contributed by atoms with van der Waals surface area (Å²) in [6.07, 6.45) is 12.1. The molecule has 1 fully saturated rings. The zero-order valence-corrected chi connectivity index (χ0v) is 32.1. The van der Waals surface area contributed by atoms with E-state index in [9.17, 15) is 9.90 Å². The number of methoxy groups -OCH3 is 4. The Labute approximate surface area is 315 Å². The first-order chi connectivity index (χ1) is 22.0. The van der Waals surface area contributed by atoms with E-state index in [2.05, 4.69) is 40.4 Å². The van der Waals surface area contributed by atoms with Crippen LogP contribution in [0.1, 0.15) is 46.0 Å². The Morgan fingerprint density at radius 3 is 1.88 bits per heavy atom. The van der Waals surface area contributed by atoms with Crippen molar-refractivity contribution >= 4 is 29.3 Å². The molecule has 1 aliphatic heterocycles. The van der Waals surface area contributed by atoms with E-state index in [1.165, 1.54) is 12.8 Å². The summed E-state index contributed by atoms with van der Waals surface area (Å²) in [5.41, 5.74) is 3.18. The quantitative estimate of drug-likeness (QED) is 0.0595. The van der Waals surface area contributed by atoms with E-state index >= 15 is 0 Å². The molecular weight excluding hydrogens is 693 g/mol. The van der Waals surface area contributed by atoms with Crippen LogP contribution >= 0.6 is 0 Å². The van der Waals surface area contributed by atoms with Gasteiger partial charge in [0.2, 0.25) is 0 Å². The van der Waals surface area contributed by atoms with Crippen LogP contribution in [-0.4, -0.2) is 103 Å². The van der Waals surface area contributed by atoms with Gasteiger partial charge in [-0.3, -0.25) is 4.79 Å². The van der Waals surface area contributed by atoms with Crippen LogP contribution in [0.15, 0.2) is 61.7 Å². The van der Waals surface area contributed by atoms with Crippen molar-refractivity contribution in [1.29, 1.82) is 0 Å². The van der Waals surface area contributed by atoms with Crippen molar-refractivity contribution < 1.29 is 60.0 Å². The summed E-state index contributed by atoms with van der Waals surface area (Å²) in [7, 11) is 6.29. The number of hydrogen-bond acceptors (Lipinski definition) is 9. The van der Waals surface area contributed by atoms with Crippen molar-refractivity contribution in [2.75, 3.05) is 68.5 Å². The summed E-state index contributed by atoms with van der Waals surface area (Å²) in [5, 5.41) is 10.2. The third-order valence-electron chi connectivity index (χ3n) is 5.72. The fraction of sp³-hybridized carbons (Fsp3) is 0.405. The van der Waals surface area contributed by atoms with E-state index in [-0.39, 0.29) is 67.7 Å². The van der Waals surface area contributed by atoms with E-state index in [4.69, 9.17) is 30.1 Å². The Balaban J connectivity index is -0.000000297. The standard InChI is InChI=1S/C16H20O4.C11H12O2.C5H8O2.C4H8O.CH3.BrH.Mg/c1-4-7-14-13(8-5-10-16(14)19-3)15(17)9-6-11-20-12-18-2;1-3-5-10-9(8-12)6-4-7-11(10)13-2;1-3-4-7-5-6-2;1-2-4-5-3-1;;;/h4-5,8,10,15,17H,1,7,11-12H2,2-3H3;3-4,6-8H,1,5H2,2H3;1H,4-5H2,2H3;1-4H2;1H3;1H;/q;;;;-1;;+2/p-1. The first kappa shape index (κ1) is 52.1. The van der Waals surface area contributed by atoms with Crippen molar-refractivity contribution in [1.82, 2.24) is 0 Å². The minimum absolute atomic E-state index is 0. The van der Waals surface area contributed by atoms with Gasteiger partial charge >= 0.3 is 23.1 Å². The van der Waals surface area contributed by atoms with Gasteiger partial charge in [-0.05, 0) is 43.4 Å². The predicted octanol–water partition coefficient (Wildman–Crippen LogP) is 2.43. The number of allylic oxidation sites excluding steroid dienone is 2. The Hall–Kier alpha value is -2.68. The third kappa shape index (κ3) is 23.6. The van der Waals surface area contributed by atoms with Gasteiger partial charge < -0.3 is 62.7 Å². The van der Waals surface area contributed by atoms with Gasteiger partial charge in [-0.2, -0.15) is 0 Å². The maximum absolute atomic E-state index is 10.7. The predicted molar refractivity (Wildman–Crippen MR) is 189 cm³/mol. The van der Waals surface area contributed by atoms with Crippen molar-refractivity contribution in [3.63, 3.8) is 0 Å². The maximum Gasteiger partial charge on any atom is 2.00 e.